The third kappa shape index (κ3) is 1.95. The Balaban J connectivity index is 2.80. The minimum atomic E-state index is 0.169. The van der Waals surface area contributed by atoms with Crippen molar-refractivity contribution >= 4 is 5.78 Å². The average Bonchev–Trinajstić information content (AvgIpc) is 2.04. The summed E-state index contributed by atoms with van der Waals surface area (Å²) >= 11 is 0. The molecule has 1 aliphatic carbocycles. The van der Waals surface area contributed by atoms with Crippen molar-refractivity contribution in [1.29, 1.82) is 0 Å². The molecule has 2 heteroatoms. The Kier molecular flexibility index (Phi) is 3.04. The molecule has 68 valence electrons. The predicted octanol–water partition coefficient (Wildman–Crippen LogP) is 1.95. The second-order valence-electron chi connectivity index (χ2n) is 3.53. The van der Waals surface area contributed by atoms with E-state index in [2.05, 4.69) is 13.8 Å². The molecule has 1 unspecified atom stereocenters. The van der Waals surface area contributed by atoms with Gasteiger partial charge in [-0.1, -0.05) is 13.8 Å². The van der Waals surface area contributed by atoms with Crippen LogP contribution in [0.25, 0.3) is 0 Å². The SMILES string of the molecule is COC1CCC(=O)C=C1C(C)C. The molecule has 0 fully saturated rings. The number of ketones is 1. The van der Waals surface area contributed by atoms with Gasteiger partial charge in [0.2, 0.25) is 0 Å². The number of carbonyl (C=O) groups is 1. The van der Waals surface area contributed by atoms with Crippen molar-refractivity contribution in [3.05, 3.63) is 11.6 Å². The van der Waals surface area contributed by atoms with E-state index >= 15 is 0 Å². The minimum absolute atomic E-state index is 0.169. The number of ether oxygens (including phenoxy) is 1. The summed E-state index contributed by atoms with van der Waals surface area (Å²) in [7, 11) is 1.71. The lowest BCUT2D eigenvalue weighted by molar-refractivity contribution is -0.115. The molecule has 0 saturated carbocycles. The highest BCUT2D eigenvalue weighted by Gasteiger charge is 2.22. The molecule has 0 amide bonds. The molecule has 0 saturated heterocycles. The molecule has 1 rings (SSSR count). The standard InChI is InChI=1S/C10H16O2/c1-7(2)9-6-8(11)4-5-10(9)12-3/h6-7,10H,4-5H2,1-3H3. The number of hydrogen-bond acceptors (Lipinski definition) is 2. The number of allylic oxidation sites excluding steroid dienone is 1. The van der Waals surface area contributed by atoms with Crippen LogP contribution in [0.3, 0.4) is 0 Å². The van der Waals surface area contributed by atoms with Crippen molar-refractivity contribution in [1.82, 2.24) is 0 Å². The number of methoxy groups -OCH3 is 1. The summed E-state index contributed by atoms with van der Waals surface area (Å²) in [5, 5.41) is 0. The van der Waals surface area contributed by atoms with Crippen molar-refractivity contribution in [2.45, 2.75) is 32.8 Å². The van der Waals surface area contributed by atoms with Gasteiger partial charge in [0.15, 0.2) is 5.78 Å². The van der Waals surface area contributed by atoms with E-state index in [9.17, 15) is 4.79 Å². The summed E-state index contributed by atoms with van der Waals surface area (Å²) in [6, 6.07) is 0. The number of carbonyl (C=O) groups excluding carboxylic acids is 1. The van der Waals surface area contributed by atoms with Crippen molar-refractivity contribution in [3.8, 4) is 0 Å². The maximum Gasteiger partial charge on any atom is 0.155 e. The lowest BCUT2D eigenvalue weighted by Crippen LogP contribution is -2.23. The lowest BCUT2D eigenvalue weighted by atomic mass is 9.88. The van der Waals surface area contributed by atoms with Gasteiger partial charge in [0.05, 0.1) is 6.10 Å². The van der Waals surface area contributed by atoms with Crippen LogP contribution in [-0.4, -0.2) is 19.0 Å². The summed E-state index contributed by atoms with van der Waals surface area (Å²) in [5.41, 5.74) is 1.15. The number of rotatable bonds is 2. The van der Waals surface area contributed by atoms with Gasteiger partial charge < -0.3 is 4.74 Å². The quantitative estimate of drug-likeness (QED) is 0.630. The molecule has 0 aromatic carbocycles. The molecular weight excluding hydrogens is 152 g/mol. The van der Waals surface area contributed by atoms with Gasteiger partial charge in [0, 0.05) is 13.5 Å². The van der Waals surface area contributed by atoms with Gasteiger partial charge in [-0.2, -0.15) is 0 Å². The predicted molar refractivity (Wildman–Crippen MR) is 48.0 cm³/mol. The van der Waals surface area contributed by atoms with E-state index in [-0.39, 0.29) is 11.9 Å². The second-order valence-corrected chi connectivity index (χ2v) is 3.53. The van der Waals surface area contributed by atoms with Crippen LogP contribution in [0, 0.1) is 5.92 Å². The first kappa shape index (κ1) is 9.46. The summed E-state index contributed by atoms with van der Waals surface area (Å²) in [4.78, 5) is 11.1. The van der Waals surface area contributed by atoms with Gasteiger partial charge >= 0.3 is 0 Å². The molecular formula is C10H16O2. The van der Waals surface area contributed by atoms with Crippen LogP contribution in [-0.2, 0) is 9.53 Å². The first-order chi connectivity index (χ1) is 5.65. The van der Waals surface area contributed by atoms with E-state index in [4.69, 9.17) is 4.74 Å². The number of hydrogen-bond donors (Lipinski definition) is 0. The van der Waals surface area contributed by atoms with E-state index in [1.54, 1.807) is 13.2 Å². The molecule has 12 heavy (non-hydrogen) atoms. The monoisotopic (exact) mass is 168 g/mol. The van der Waals surface area contributed by atoms with Crippen molar-refractivity contribution < 1.29 is 9.53 Å². The highest BCUT2D eigenvalue weighted by atomic mass is 16.5. The van der Waals surface area contributed by atoms with Crippen LogP contribution in [0.1, 0.15) is 26.7 Å². The van der Waals surface area contributed by atoms with Gasteiger partial charge in [-0.3, -0.25) is 4.79 Å². The largest absolute Gasteiger partial charge is 0.377 e. The third-order valence-electron chi connectivity index (χ3n) is 2.30. The van der Waals surface area contributed by atoms with E-state index in [1.165, 1.54) is 0 Å². The van der Waals surface area contributed by atoms with Gasteiger partial charge in [-0.25, -0.2) is 0 Å². The Labute approximate surface area is 73.6 Å². The van der Waals surface area contributed by atoms with Crippen molar-refractivity contribution in [2.24, 2.45) is 5.92 Å². The fraction of sp³-hybridized carbons (Fsp3) is 0.700. The Morgan fingerprint density at radius 2 is 2.25 bits per heavy atom. The van der Waals surface area contributed by atoms with E-state index in [1.807, 2.05) is 0 Å². The van der Waals surface area contributed by atoms with Gasteiger partial charge in [0.1, 0.15) is 0 Å². The Morgan fingerprint density at radius 1 is 1.58 bits per heavy atom. The van der Waals surface area contributed by atoms with E-state index in [0.717, 1.165) is 12.0 Å². The molecule has 0 aliphatic heterocycles. The Morgan fingerprint density at radius 3 is 2.75 bits per heavy atom. The van der Waals surface area contributed by atoms with E-state index in [0.29, 0.717) is 12.3 Å². The van der Waals surface area contributed by atoms with Crippen LogP contribution in [0.4, 0.5) is 0 Å². The summed E-state index contributed by atoms with van der Waals surface area (Å²) < 4.78 is 5.29. The summed E-state index contributed by atoms with van der Waals surface area (Å²) in [6.07, 6.45) is 3.40. The molecule has 0 N–H and O–H groups in total. The van der Waals surface area contributed by atoms with Gasteiger partial charge in [-0.05, 0) is 24.0 Å². The zero-order valence-corrected chi connectivity index (χ0v) is 7.96. The smallest absolute Gasteiger partial charge is 0.155 e. The fourth-order valence-electron chi connectivity index (χ4n) is 1.58. The normalized spacial score (nSPS) is 24.5. The molecule has 0 aromatic rings. The highest BCUT2D eigenvalue weighted by molar-refractivity contribution is 5.91. The molecule has 0 bridgehead atoms. The first-order valence-corrected chi connectivity index (χ1v) is 4.42. The maximum atomic E-state index is 11.1. The first-order valence-electron chi connectivity index (χ1n) is 4.42. The Hall–Kier alpha value is -0.630. The highest BCUT2D eigenvalue weighted by Crippen LogP contribution is 2.24. The van der Waals surface area contributed by atoms with Crippen LogP contribution in [0.15, 0.2) is 11.6 Å². The molecule has 1 aliphatic rings. The molecule has 0 spiro atoms. The van der Waals surface area contributed by atoms with E-state index < -0.39 is 0 Å². The minimum Gasteiger partial charge on any atom is -0.377 e. The molecule has 0 radical (unpaired) electrons. The summed E-state index contributed by atoms with van der Waals surface area (Å²) in [6.45, 7) is 4.19. The van der Waals surface area contributed by atoms with Crippen molar-refractivity contribution in [3.63, 3.8) is 0 Å². The molecule has 0 aromatic heterocycles. The van der Waals surface area contributed by atoms with Crippen LogP contribution >= 0.6 is 0 Å². The molecule has 2 nitrogen and oxygen atoms in total. The molecule has 0 heterocycles. The van der Waals surface area contributed by atoms with Gasteiger partial charge in [-0.15, -0.1) is 0 Å². The van der Waals surface area contributed by atoms with Crippen LogP contribution in [0.5, 0.6) is 0 Å². The second kappa shape index (κ2) is 3.85. The zero-order chi connectivity index (χ0) is 9.14. The van der Waals surface area contributed by atoms with Crippen LogP contribution in [0.2, 0.25) is 0 Å². The fourth-order valence-corrected chi connectivity index (χ4v) is 1.58. The van der Waals surface area contributed by atoms with Crippen LogP contribution < -0.4 is 0 Å². The van der Waals surface area contributed by atoms with Crippen molar-refractivity contribution in [2.75, 3.05) is 7.11 Å². The average molecular weight is 168 g/mol. The zero-order valence-electron chi connectivity index (χ0n) is 7.96. The summed E-state index contributed by atoms with van der Waals surface area (Å²) in [5.74, 6) is 0.659. The maximum absolute atomic E-state index is 11.1. The third-order valence-corrected chi connectivity index (χ3v) is 2.30. The topological polar surface area (TPSA) is 26.3 Å². The van der Waals surface area contributed by atoms with Gasteiger partial charge in [0.25, 0.3) is 0 Å². The lowest BCUT2D eigenvalue weighted by Gasteiger charge is -2.24. The Bertz CT molecular complexity index is 204. The molecule has 1 atom stereocenters.